The Morgan fingerprint density at radius 3 is 2.68 bits per heavy atom. The Morgan fingerprint density at radius 2 is 2.00 bits per heavy atom. The molecule has 0 aliphatic carbocycles. The van der Waals surface area contributed by atoms with Crippen LogP contribution >= 0.6 is 15.9 Å². The van der Waals surface area contributed by atoms with Gasteiger partial charge in [-0.15, -0.1) is 0 Å². The Bertz CT molecular complexity index is 877. The fraction of sp³-hybridized carbons (Fsp3) is 0.158. The molecule has 1 fully saturated rings. The molecule has 25 heavy (non-hydrogen) atoms. The number of rotatable bonds is 4. The summed E-state index contributed by atoms with van der Waals surface area (Å²) < 4.78 is 5.96. The Balaban J connectivity index is 1.82. The molecule has 3 amide bonds. The minimum atomic E-state index is -0.412. The molecule has 0 spiro atoms. The summed E-state index contributed by atoms with van der Waals surface area (Å²) in [6.07, 6.45) is 1.65. The number of halogens is 1. The molecule has 0 atom stereocenters. The summed E-state index contributed by atoms with van der Waals surface area (Å²) in [5, 5.41) is 2.64. The van der Waals surface area contributed by atoms with Crippen LogP contribution in [-0.2, 0) is 11.3 Å². The van der Waals surface area contributed by atoms with E-state index in [1.54, 1.807) is 19.3 Å². The van der Waals surface area contributed by atoms with Crippen molar-refractivity contribution in [1.29, 1.82) is 0 Å². The van der Waals surface area contributed by atoms with E-state index in [9.17, 15) is 9.59 Å². The second-order valence-corrected chi connectivity index (χ2v) is 6.62. The van der Waals surface area contributed by atoms with E-state index in [2.05, 4.69) is 21.2 Å². The highest BCUT2D eigenvalue weighted by molar-refractivity contribution is 9.10. The number of carbonyl (C=O) groups is 2. The molecular formula is C19H17BrN2O3. The lowest BCUT2D eigenvalue weighted by molar-refractivity contribution is -0.123. The van der Waals surface area contributed by atoms with Crippen LogP contribution in [0.3, 0.4) is 0 Å². The van der Waals surface area contributed by atoms with E-state index in [-0.39, 0.29) is 18.1 Å². The fourth-order valence-electron chi connectivity index (χ4n) is 2.65. The number of hydrogen-bond donors (Lipinski definition) is 1. The standard InChI is InChI=1S/C19H17BrN2O3/c1-12-4-3-5-14(8-12)11-22-18(23)16(21-19(22)24)10-13-6-7-17(25-2)15(20)9-13/h3-10H,11H2,1-2H3,(H,21,24)/b16-10+. The summed E-state index contributed by atoms with van der Waals surface area (Å²) in [4.78, 5) is 25.9. The van der Waals surface area contributed by atoms with Crippen LogP contribution in [0.2, 0.25) is 0 Å². The van der Waals surface area contributed by atoms with Gasteiger partial charge in [0.1, 0.15) is 11.4 Å². The summed E-state index contributed by atoms with van der Waals surface area (Å²) in [5.74, 6) is 0.364. The summed E-state index contributed by atoms with van der Waals surface area (Å²) in [6.45, 7) is 2.22. The summed E-state index contributed by atoms with van der Waals surface area (Å²) in [7, 11) is 1.59. The summed E-state index contributed by atoms with van der Waals surface area (Å²) >= 11 is 3.41. The number of carbonyl (C=O) groups excluding carboxylic acids is 2. The van der Waals surface area contributed by atoms with Crippen LogP contribution in [-0.4, -0.2) is 23.9 Å². The lowest BCUT2D eigenvalue weighted by Crippen LogP contribution is -2.30. The number of amides is 3. The molecule has 0 radical (unpaired) electrons. The Kier molecular flexibility index (Phi) is 4.90. The summed E-state index contributed by atoms with van der Waals surface area (Å²) in [6, 6.07) is 12.8. The van der Waals surface area contributed by atoms with E-state index in [0.29, 0.717) is 5.75 Å². The van der Waals surface area contributed by atoms with Crippen molar-refractivity contribution in [3.63, 3.8) is 0 Å². The maximum absolute atomic E-state index is 12.6. The van der Waals surface area contributed by atoms with E-state index in [1.807, 2.05) is 43.3 Å². The predicted molar refractivity (Wildman–Crippen MR) is 98.9 cm³/mol. The summed E-state index contributed by atoms with van der Waals surface area (Å²) in [5.41, 5.74) is 3.05. The molecule has 1 aliphatic heterocycles. The normalized spacial score (nSPS) is 15.6. The van der Waals surface area contributed by atoms with Gasteiger partial charge in [0.25, 0.3) is 5.91 Å². The van der Waals surface area contributed by atoms with Crippen molar-refractivity contribution < 1.29 is 14.3 Å². The first kappa shape index (κ1) is 17.2. The SMILES string of the molecule is COc1ccc(/C=C2/NC(=O)N(Cc3cccc(C)c3)C2=O)cc1Br. The number of nitrogens with zero attached hydrogens (tertiary/aromatic N) is 1. The highest BCUT2D eigenvalue weighted by atomic mass is 79.9. The van der Waals surface area contributed by atoms with Crippen LogP contribution in [0, 0.1) is 6.92 Å². The fourth-order valence-corrected chi connectivity index (χ4v) is 3.21. The lowest BCUT2D eigenvalue weighted by atomic mass is 10.1. The molecule has 2 aromatic rings. The molecule has 3 rings (SSSR count). The number of hydrogen-bond acceptors (Lipinski definition) is 3. The van der Waals surface area contributed by atoms with E-state index in [1.165, 1.54) is 4.90 Å². The molecule has 128 valence electrons. The Hall–Kier alpha value is -2.60. The monoisotopic (exact) mass is 400 g/mol. The van der Waals surface area contributed by atoms with Gasteiger partial charge in [-0.3, -0.25) is 9.69 Å². The molecule has 2 aromatic carbocycles. The van der Waals surface area contributed by atoms with Gasteiger partial charge < -0.3 is 10.1 Å². The van der Waals surface area contributed by atoms with Crippen LogP contribution in [0.1, 0.15) is 16.7 Å². The molecule has 1 saturated heterocycles. The lowest BCUT2D eigenvalue weighted by Gasteiger charge is -2.12. The van der Waals surface area contributed by atoms with Crippen molar-refractivity contribution in [2.75, 3.05) is 7.11 Å². The van der Waals surface area contributed by atoms with Gasteiger partial charge in [-0.25, -0.2) is 4.79 Å². The zero-order valence-corrected chi connectivity index (χ0v) is 15.5. The highest BCUT2D eigenvalue weighted by Gasteiger charge is 2.33. The minimum Gasteiger partial charge on any atom is -0.496 e. The number of nitrogens with one attached hydrogen (secondary N) is 1. The van der Waals surface area contributed by atoms with Crippen molar-refractivity contribution in [2.45, 2.75) is 13.5 Å². The average molecular weight is 401 g/mol. The quantitative estimate of drug-likeness (QED) is 0.625. The van der Waals surface area contributed by atoms with Gasteiger partial charge in [0, 0.05) is 0 Å². The second-order valence-electron chi connectivity index (χ2n) is 5.76. The van der Waals surface area contributed by atoms with Crippen LogP contribution in [0.15, 0.2) is 52.6 Å². The smallest absolute Gasteiger partial charge is 0.329 e. The third kappa shape index (κ3) is 3.74. The van der Waals surface area contributed by atoms with E-state index >= 15 is 0 Å². The third-order valence-electron chi connectivity index (χ3n) is 3.87. The first-order chi connectivity index (χ1) is 12.0. The largest absolute Gasteiger partial charge is 0.496 e. The van der Waals surface area contributed by atoms with Crippen LogP contribution in [0.25, 0.3) is 6.08 Å². The van der Waals surface area contributed by atoms with Crippen molar-refractivity contribution in [1.82, 2.24) is 10.2 Å². The number of imide groups is 1. The number of methoxy groups -OCH3 is 1. The third-order valence-corrected chi connectivity index (χ3v) is 4.49. The van der Waals surface area contributed by atoms with Crippen LogP contribution < -0.4 is 10.1 Å². The molecule has 0 unspecified atom stereocenters. The molecule has 5 nitrogen and oxygen atoms in total. The molecule has 6 heteroatoms. The zero-order chi connectivity index (χ0) is 18.0. The van der Waals surface area contributed by atoms with Gasteiger partial charge in [0.05, 0.1) is 18.1 Å². The molecule has 0 saturated carbocycles. The van der Waals surface area contributed by atoms with Crippen molar-refractivity contribution in [3.05, 3.63) is 69.3 Å². The van der Waals surface area contributed by atoms with Crippen molar-refractivity contribution in [2.24, 2.45) is 0 Å². The van der Waals surface area contributed by atoms with Gasteiger partial charge >= 0.3 is 6.03 Å². The zero-order valence-electron chi connectivity index (χ0n) is 13.9. The maximum Gasteiger partial charge on any atom is 0.329 e. The molecule has 0 bridgehead atoms. The van der Waals surface area contributed by atoms with Gasteiger partial charge in [-0.1, -0.05) is 35.9 Å². The van der Waals surface area contributed by atoms with E-state index < -0.39 is 6.03 Å². The number of benzene rings is 2. The number of aryl methyl sites for hydroxylation is 1. The van der Waals surface area contributed by atoms with Crippen molar-refractivity contribution in [3.8, 4) is 5.75 Å². The van der Waals surface area contributed by atoms with Gasteiger partial charge in [0.15, 0.2) is 0 Å². The molecule has 1 N–H and O–H groups in total. The Labute approximate surface area is 154 Å². The number of urea groups is 1. The molecule has 1 aliphatic rings. The molecule has 0 aromatic heterocycles. The minimum absolute atomic E-state index is 0.246. The maximum atomic E-state index is 12.6. The first-order valence-corrected chi connectivity index (χ1v) is 8.51. The van der Waals surface area contributed by atoms with Gasteiger partial charge in [-0.05, 0) is 52.2 Å². The first-order valence-electron chi connectivity index (χ1n) is 7.71. The highest BCUT2D eigenvalue weighted by Crippen LogP contribution is 2.27. The van der Waals surface area contributed by atoms with Crippen molar-refractivity contribution >= 4 is 33.9 Å². The van der Waals surface area contributed by atoms with E-state index in [0.717, 1.165) is 21.2 Å². The number of ether oxygens (including phenoxy) is 1. The average Bonchev–Trinajstić information content (AvgIpc) is 2.83. The van der Waals surface area contributed by atoms with Crippen LogP contribution in [0.4, 0.5) is 4.79 Å². The molecule has 1 heterocycles. The van der Waals surface area contributed by atoms with Gasteiger partial charge in [0.2, 0.25) is 0 Å². The predicted octanol–water partition coefficient (Wildman–Crippen LogP) is 3.86. The topological polar surface area (TPSA) is 58.6 Å². The molecular weight excluding hydrogens is 384 g/mol. The van der Waals surface area contributed by atoms with Gasteiger partial charge in [-0.2, -0.15) is 0 Å². The van der Waals surface area contributed by atoms with Crippen LogP contribution in [0.5, 0.6) is 5.75 Å². The van der Waals surface area contributed by atoms with E-state index in [4.69, 9.17) is 4.74 Å². The second kappa shape index (κ2) is 7.11. The Morgan fingerprint density at radius 1 is 1.20 bits per heavy atom.